The van der Waals surface area contributed by atoms with Crippen molar-refractivity contribution in [2.24, 2.45) is 0 Å². The fourth-order valence-corrected chi connectivity index (χ4v) is 18.6. The molecule has 0 spiro atoms. The summed E-state index contributed by atoms with van der Waals surface area (Å²) in [6, 6.07) is 0. The second-order valence-corrected chi connectivity index (χ2v) is 28.0. The van der Waals surface area contributed by atoms with E-state index < -0.39 is 185 Å². The van der Waals surface area contributed by atoms with E-state index in [0.717, 1.165) is 0 Å². The van der Waals surface area contributed by atoms with E-state index in [1.807, 2.05) is 0 Å². The van der Waals surface area contributed by atoms with Gasteiger partial charge in [-0.3, -0.25) is 0 Å². The molecule has 0 aliphatic heterocycles. The zero-order chi connectivity index (χ0) is 59.3. The second kappa shape index (κ2) is 18.7. The fraction of sp³-hybridized carbons (Fsp3) is 0.893. The third-order valence-electron chi connectivity index (χ3n) is 10.1. The third kappa shape index (κ3) is 10.4. The quantitative estimate of drug-likeness (QED) is 0.0827. The number of nitrogens with zero attached hydrogens (tertiary/aromatic N) is 3. The summed E-state index contributed by atoms with van der Waals surface area (Å²) in [5, 5.41) is 13.8. The molecule has 73 heavy (non-hydrogen) atoms. The number of hydrogen-bond donors (Lipinski definition) is 1. The van der Waals surface area contributed by atoms with Gasteiger partial charge in [0, 0.05) is 0 Å². The molecule has 5 nitrogen and oxygen atoms in total. The van der Waals surface area contributed by atoms with Crippen LogP contribution in [0.5, 0.6) is 0 Å². The van der Waals surface area contributed by atoms with Gasteiger partial charge in [0.1, 0.15) is 0 Å². The van der Waals surface area contributed by atoms with Crippen molar-refractivity contribution in [1.29, 1.82) is 0 Å². The van der Waals surface area contributed by atoms with Gasteiger partial charge in [0.15, 0.2) is 0 Å². The molecular formula is C28H16F39N3O2Sn. The molecule has 1 N–H and O–H groups in total. The topological polar surface area (TPSA) is 68.0 Å². The van der Waals surface area contributed by atoms with Crippen LogP contribution >= 0.6 is 0 Å². The van der Waals surface area contributed by atoms with Crippen molar-refractivity contribution in [3.63, 3.8) is 0 Å². The molecule has 0 aliphatic rings. The Morgan fingerprint density at radius 1 is 0.370 bits per heavy atom. The van der Waals surface area contributed by atoms with Gasteiger partial charge < -0.3 is 0 Å². The molecule has 432 valence electrons. The summed E-state index contributed by atoms with van der Waals surface area (Å²) in [4.78, 5) is 11.1. The second-order valence-electron chi connectivity index (χ2n) is 15.0. The Labute approximate surface area is 377 Å². The summed E-state index contributed by atoms with van der Waals surface area (Å²) in [7, 11) is 0. The number of carbonyl (C=O) groups is 1. The van der Waals surface area contributed by atoms with Crippen molar-refractivity contribution in [3.8, 4) is 0 Å². The maximum absolute atomic E-state index is 15.1. The number of aliphatic carboxylic acids is 1. The molecule has 1 aromatic rings. The number of carboxylic acids is 1. The zero-order valence-corrected chi connectivity index (χ0v) is 35.8. The molecule has 1 rings (SSSR count). The number of hydrogen-bond acceptors (Lipinski definition) is 3. The Bertz CT molecular complexity index is 1910. The van der Waals surface area contributed by atoms with E-state index in [2.05, 4.69) is 10.3 Å². The summed E-state index contributed by atoms with van der Waals surface area (Å²) < 4.78 is 527. The van der Waals surface area contributed by atoms with Crippen LogP contribution in [0.1, 0.15) is 19.3 Å². The van der Waals surface area contributed by atoms with Crippen LogP contribution in [-0.2, 0) is 11.3 Å². The Hall–Kier alpha value is -3.32. The molecule has 0 fully saturated rings. The van der Waals surface area contributed by atoms with Crippen LogP contribution in [0.3, 0.4) is 0 Å². The average Bonchev–Trinajstić information content (AvgIpc) is 3.63. The van der Waals surface area contributed by atoms with Crippen LogP contribution in [0.25, 0.3) is 0 Å². The summed E-state index contributed by atoms with van der Waals surface area (Å²) >= 11 is -8.56. The fourth-order valence-electron chi connectivity index (χ4n) is 5.58. The molecule has 0 atom stereocenters. The van der Waals surface area contributed by atoms with Crippen molar-refractivity contribution < 1.29 is 181 Å². The number of carboxylic acid groups (broad SMARTS) is 1. The molecule has 0 bridgehead atoms. The van der Waals surface area contributed by atoms with Gasteiger partial charge in [-0.2, -0.15) is 0 Å². The van der Waals surface area contributed by atoms with E-state index in [-0.39, 0.29) is 0 Å². The van der Waals surface area contributed by atoms with Gasteiger partial charge in [-0.15, -0.1) is 0 Å². The molecule has 0 saturated carbocycles. The monoisotopic (exact) mass is 1290 g/mol. The predicted octanol–water partition coefficient (Wildman–Crippen LogP) is 13.4. The van der Waals surface area contributed by atoms with Gasteiger partial charge in [-0.25, -0.2) is 0 Å². The predicted molar refractivity (Wildman–Crippen MR) is 154 cm³/mol. The summed E-state index contributed by atoms with van der Waals surface area (Å²) in [5.74, 6) is -131. The number of rotatable bonds is 24. The molecule has 0 amide bonds. The normalized spacial score (nSPS) is 16.4. The molecule has 0 aromatic carbocycles. The van der Waals surface area contributed by atoms with Gasteiger partial charge in [-0.05, 0) is 0 Å². The summed E-state index contributed by atoms with van der Waals surface area (Å²) in [5.41, 5.74) is 0. The zero-order valence-electron chi connectivity index (χ0n) is 33.0. The SMILES string of the molecule is O=C(O)Cn1c[c]([Sn]([CH2]CC(F)(F)C(F)(F)C(F)(F)C(F)(F)C(F)(F)C(F)(F)F)([CH2]CC(F)(F)C(F)(F)C(F)(F)C(F)(F)C(F)(F)C(F)(F)F)[CH2]CC(F)(F)C(F)(F)C(F)(F)C(F)(F)C(F)(F)C(F)(F)F)nn1. The molecule has 0 unspecified atom stereocenters. The standard InChI is InChI=1S/3C8H4F13.C4H4N3O2.Sn/c3*1-2-3(9,10)4(11,12)5(13,14)6(15,16)7(17,18)8(19,20)21;8-4(9)3-7-2-1-5-6-7;/h3*1-2H2;2H,3H2,(H,8,9);. The molecule has 0 saturated heterocycles. The number of aromatic nitrogens is 3. The molecule has 45 heteroatoms. The third-order valence-corrected chi connectivity index (χ3v) is 24.2. The maximum atomic E-state index is 15.1. The van der Waals surface area contributed by atoms with Crippen LogP contribution < -0.4 is 3.71 Å². The van der Waals surface area contributed by atoms with Crippen LogP contribution in [0, 0.1) is 0 Å². The molecular weight excluding hydrogens is 1270 g/mol. The van der Waals surface area contributed by atoms with E-state index in [1.165, 1.54) is 0 Å². The van der Waals surface area contributed by atoms with E-state index in [1.54, 1.807) is 0 Å². The van der Waals surface area contributed by atoms with Crippen LogP contribution in [0.15, 0.2) is 6.20 Å². The van der Waals surface area contributed by atoms with Crippen molar-refractivity contribution in [3.05, 3.63) is 6.20 Å². The van der Waals surface area contributed by atoms with Gasteiger partial charge in [0.2, 0.25) is 0 Å². The van der Waals surface area contributed by atoms with E-state index in [9.17, 15) is 150 Å². The van der Waals surface area contributed by atoms with Crippen LogP contribution in [0.2, 0.25) is 13.3 Å². The van der Waals surface area contributed by atoms with Crippen LogP contribution in [-0.4, -0.2) is 152 Å². The summed E-state index contributed by atoms with van der Waals surface area (Å²) in [6.07, 6.45) is -37.8. The molecule has 0 aliphatic carbocycles. The molecule has 1 heterocycles. The minimum absolute atomic E-state index is 0.592. The Morgan fingerprint density at radius 3 is 0.767 bits per heavy atom. The van der Waals surface area contributed by atoms with E-state index in [4.69, 9.17) is 5.11 Å². The van der Waals surface area contributed by atoms with Crippen molar-refractivity contribution in [2.45, 2.75) is 146 Å². The average molecular weight is 1290 g/mol. The van der Waals surface area contributed by atoms with Gasteiger partial charge in [0.25, 0.3) is 0 Å². The molecule has 0 radical (unpaired) electrons. The van der Waals surface area contributed by atoms with Crippen LogP contribution in [0.4, 0.5) is 171 Å². The van der Waals surface area contributed by atoms with Crippen molar-refractivity contribution in [1.82, 2.24) is 15.0 Å². The van der Waals surface area contributed by atoms with E-state index in [0.29, 0.717) is 0 Å². The minimum atomic E-state index is -8.96. The Balaban J connectivity index is 4.52. The first-order valence-electron chi connectivity index (χ1n) is 17.3. The number of alkyl halides is 39. The van der Waals surface area contributed by atoms with Gasteiger partial charge in [-0.1, -0.05) is 0 Å². The van der Waals surface area contributed by atoms with Crippen molar-refractivity contribution >= 4 is 28.1 Å². The Morgan fingerprint density at radius 2 is 0.575 bits per heavy atom. The first-order valence-corrected chi connectivity index (χ1v) is 24.7. The molecule has 1 aromatic heterocycles. The Kier molecular flexibility index (Phi) is 17.3. The summed E-state index contributed by atoms with van der Waals surface area (Å²) in [6.45, 7) is -2.01. The van der Waals surface area contributed by atoms with Gasteiger partial charge >= 0.3 is 377 Å². The first kappa shape index (κ1) is 67.7. The van der Waals surface area contributed by atoms with Crippen molar-refractivity contribution in [2.75, 3.05) is 0 Å². The van der Waals surface area contributed by atoms with E-state index >= 15 is 26.3 Å². The van der Waals surface area contributed by atoms with Gasteiger partial charge in [0.05, 0.1) is 0 Å². The first-order chi connectivity index (χ1) is 31.3. The number of halogens is 39.